The summed E-state index contributed by atoms with van der Waals surface area (Å²) in [6.45, 7) is 10.3. The van der Waals surface area contributed by atoms with Gasteiger partial charge in [0.25, 0.3) is 5.56 Å². The number of carbonyl (C=O) groups is 1. The number of hydrogen-bond donors (Lipinski definition) is 0. The van der Waals surface area contributed by atoms with Gasteiger partial charge in [-0.25, -0.2) is 9.37 Å². The predicted molar refractivity (Wildman–Crippen MR) is 124 cm³/mol. The lowest BCUT2D eigenvalue weighted by Crippen LogP contribution is -2.30. The molecule has 31 heavy (non-hydrogen) atoms. The van der Waals surface area contributed by atoms with Gasteiger partial charge in [-0.05, 0) is 66.8 Å². The second-order valence-corrected chi connectivity index (χ2v) is 10.7. The Morgan fingerprint density at radius 1 is 1.32 bits per heavy atom. The highest BCUT2D eigenvalue weighted by molar-refractivity contribution is 7.18. The normalized spacial score (nSPS) is 16.5. The van der Waals surface area contributed by atoms with E-state index in [-0.39, 0.29) is 29.1 Å². The fourth-order valence-corrected chi connectivity index (χ4v) is 5.83. The second-order valence-electron chi connectivity index (χ2n) is 9.65. The van der Waals surface area contributed by atoms with Crippen LogP contribution in [-0.4, -0.2) is 15.3 Å². The van der Waals surface area contributed by atoms with Crippen LogP contribution in [0.3, 0.4) is 0 Å². The fraction of sp³-hybridized carbons (Fsp3) is 0.480. The molecule has 4 rings (SSSR count). The summed E-state index contributed by atoms with van der Waals surface area (Å²) in [5.41, 5.74) is 2.06. The minimum absolute atomic E-state index is 0.0781. The highest BCUT2D eigenvalue weighted by Crippen LogP contribution is 2.42. The van der Waals surface area contributed by atoms with E-state index in [4.69, 9.17) is 4.98 Å². The van der Waals surface area contributed by atoms with Crippen molar-refractivity contribution in [3.63, 3.8) is 0 Å². The minimum atomic E-state index is -0.343. The summed E-state index contributed by atoms with van der Waals surface area (Å²) < 4.78 is 15.1. The summed E-state index contributed by atoms with van der Waals surface area (Å²) in [6, 6.07) is 4.32. The van der Waals surface area contributed by atoms with Gasteiger partial charge >= 0.3 is 0 Å². The minimum Gasteiger partial charge on any atom is -0.292 e. The molecule has 0 spiro atoms. The monoisotopic (exact) mass is 440 g/mol. The second kappa shape index (κ2) is 7.97. The number of thiophene rings is 1. The third-order valence-electron chi connectivity index (χ3n) is 6.57. The van der Waals surface area contributed by atoms with Gasteiger partial charge in [0.2, 0.25) is 0 Å². The Labute approximate surface area is 186 Å². The quantitative estimate of drug-likeness (QED) is 0.503. The van der Waals surface area contributed by atoms with E-state index in [1.54, 1.807) is 24.3 Å². The van der Waals surface area contributed by atoms with Gasteiger partial charge < -0.3 is 0 Å². The van der Waals surface area contributed by atoms with Crippen molar-refractivity contribution in [1.82, 2.24) is 9.55 Å². The smallest absolute Gasteiger partial charge is 0.262 e. The van der Waals surface area contributed by atoms with Crippen molar-refractivity contribution < 1.29 is 9.18 Å². The highest BCUT2D eigenvalue weighted by atomic mass is 32.1. The lowest BCUT2D eigenvalue weighted by atomic mass is 9.72. The molecule has 0 saturated heterocycles. The van der Waals surface area contributed by atoms with Crippen LogP contribution < -0.4 is 5.56 Å². The van der Waals surface area contributed by atoms with E-state index >= 15 is 0 Å². The summed E-state index contributed by atoms with van der Waals surface area (Å²) in [7, 11) is 0. The summed E-state index contributed by atoms with van der Waals surface area (Å²) in [5.74, 6) is 0.655. The fourth-order valence-electron chi connectivity index (χ4n) is 4.53. The first-order chi connectivity index (χ1) is 14.6. The summed E-state index contributed by atoms with van der Waals surface area (Å²) >= 11 is 1.64. The first-order valence-electron chi connectivity index (χ1n) is 10.9. The number of fused-ring (bicyclic) bond motifs is 3. The molecule has 2 aromatic heterocycles. The van der Waals surface area contributed by atoms with Gasteiger partial charge in [-0.3, -0.25) is 14.2 Å². The molecule has 0 N–H and O–H groups in total. The number of nitrogens with zero attached hydrogens (tertiary/aromatic N) is 2. The van der Waals surface area contributed by atoms with E-state index in [9.17, 15) is 14.0 Å². The molecule has 1 aromatic carbocycles. The third-order valence-corrected chi connectivity index (χ3v) is 7.72. The van der Waals surface area contributed by atoms with Crippen LogP contribution in [0.25, 0.3) is 10.2 Å². The number of rotatable bonds is 4. The Hall–Kier alpha value is -2.34. The lowest BCUT2D eigenvalue weighted by Gasteiger charge is -2.33. The molecular formula is C25H29FN2O2S. The zero-order chi connectivity index (χ0) is 22.5. The molecular weight excluding hydrogens is 411 g/mol. The topological polar surface area (TPSA) is 52.0 Å². The van der Waals surface area contributed by atoms with E-state index < -0.39 is 0 Å². The summed E-state index contributed by atoms with van der Waals surface area (Å²) in [6.07, 6.45) is 3.48. The SMILES string of the molecule is CCc1nc2sc3c(c2c(=O)n1CC(=O)c1ccc(F)c(C)c1)CCC(C(C)(C)C)C3. The number of benzene rings is 1. The Morgan fingerprint density at radius 3 is 2.71 bits per heavy atom. The zero-order valence-corrected chi connectivity index (χ0v) is 19.7. The average molecular weight is 441 g/mol. The van der Waals surface area contributed by atoms with Crippen LogP contribution in [0.5, 0.6) is 0 Å². The Balaban J connectivity index is 1.76. The summed E-state index contributed by atoms with van der Waals surface area (Å²) in [4.78, 5) is 33.3. The molecule has 1 aliphatic rings. The van der Waals surface area contributed by atoms with E-state index in [2.05, 4.69) is 20.8 Å². The zero-order valence-electron chi connectivity index (χ0n) is 18.8. The van der Waals surface area contributed by atoms with E-state index in [0.29, 0.717) is 34.7 Å². The number of ketones is 1. The van der Waals surface area contributed by atoms with Crippen LogP contribution >= 0.6 is 11.3 Å². The van der Waals surface area contributed by atoms with Crippen LogP contribution in [0, 0.1) is 24.1 Å². The number of Topliss-reactive ketones (excluding diaryl/α,β-unsaturated/α-hetero) is 1. The molecule has 0 aliphatic heterocycles. The van der Waals surface area contributed by atoms with Gasteiger partial charge in [0.1, 0.15) is 16.5 Å². The van der Waals surface area contributed by atoms with Gasteiger partial charge in [-0.1, -0.05) is 27.7 Å². The van der Waals surface area contributed by atoms with E-state index in [1.807, 2.05) is 6.92 Å². The number of hydrogen-bond acceptors (Lipinski definition) is 4. The van der Waals surface area contributed by atoms with E-state index in [0.717, 1.165) is 29.7 Å². The Morgan fingerprint density at radius 2 is 2.06 bits per heavy atom. The molecule has 0 radical (unpaired) electrons. The van der Waals surface area contributed by atoms with Gasteiger partial charge in [0, 0.05) is 16.9 Å². The molecule has 3 aromatic rings. The number of aromatic nitrogens is 2. The van der Waals surface area contributed by atoms with Crippen molar-refractivity contribution in [2.24, 2.45) is 11.3 Å². The standard InChI is InChI=1S/C25H29FN2O2S/c1-6-21-27-23-22(17-9-8-16(25(3,4)5)12-20(17)31-23)24(30)28(21)13-19(29)15-7-10-18(26)14(2)11-15/h7,10-11,16H,6,8-9,12-13H2,1-5H3. The van der Waals surface area contributed by atoms with Crippen LogP contribution in [0.4, 0.5) is 4.39 Å². The maximum Gasteiger partial charge on any atom is 0.262 e. The molecule has 1 unspecified atom stereocenters. The van der Waals surface area contributed by atoms with Crippen molar-refractivity contribution in [3.8, 4) is 0 Å². The van der Waals surface area contributed by atoms with Crippen molar-refractivity contribution in [2.45, 2.75) is 66.8 Å². The predicted octanol–water partition coefficient (Wildman–Crippen LogP) is 5.50. The van der Waals surface area contributed by atoms with Crippen molar-refractivity contribution in [2.75, 3.05) is 0 Å². The molecule has 6 heteroatoms. The number of carbonyl (C=O) groups excluding carboxylic acids is 1. The average Bonchev–Trinajstić information content (AvgIpc) is 3.08. The van der Waals surface area contributed by atoms with E-state index in [1.165, 1.54) is 21.6 Å². The molecule has 1 aliphatic carbocycles. The Kier molecular flexibility index (Phi) is 5.63. The molecule has 164 valence electrons. The number of aryl methyl sites for hydroxylation is 3. The number of halogens is 1. The summed E-state index contributed by atoms with van der Waals surface area (Å²) in [5, 5.41) is 0.688. The van der Waals surface area contributed by atoms with Crippen LogP contribution in [0.15, 0.2) is 23.0 Å². The van der Waals surface area contributed by atoms with Gasteiger partial charge in [0.05, 0.1) is 11.9 Å². The third kappa shape index (κ3) is 3.98. The molecule has 0 amide bonds. The van der Waals surface area contributed by atoms with Gasteiger partial charge in [-0.15, -0.1) is 11.3 Å². The highest BCUT2D eigenvalue weighted by Gasteiger charge is 2.32. The molecule has 0 fully saturated rings. The first-order valence-corrected chi connectivity index (χ1v) is 11.7. The van der Waals surface area contributed by atoms with Crippen LogP contribution in [-0.2, 0) is 25.8 Å². The van der Waals surface area contributed by atoms with Crippen LogP contribution in [0.1, 0.15) is 66.3 Å². The molecule has 2 heterocycles. The maximum atomic E-state index is 13.6. The Bertz CT molecular complexity index is 1230. The molecule has 0 saturated carbocycles. The molecule has 0 bridgehead atoms. The maximum absolute atomic E-state index is 13.6. The largest absolute Gasteiger partial charge is 0.292 e. The van der Waals surface area contributed by atoms with Crippen LogP contribution in [0.2, 0.25) is 0 Å². The lowest BCUT2D eigenvalue weighted by molar-refractivity contribution is 0.0969. The van der Waals surface area contributed by atoms with Crippen molar-refractivity contribution in [3.05, 3.63) is 61.8 Å². The first kappa shape index (κ1) is 21.9. The van der Waals surface area contributed by atoms with Gasteiger partial charge in [-0.2, -0.15) is 0 Å². The van der Waals surface area contributed by atoms with Crippen molar-refractivity contribution in [1.29, 1.82) is 0 Å². The van der Waals surface area contributed by atoms with Gasteiger partial charge in [0.15, 0.2) is 5.78 Å². The molecule has 1 atom stereocenters. The van der Waals surface area contributed by atoms with Crippen molar-refractivity contribution >= 4 is 27.3 Å². The molecule has 4 nitrogen and oxygen atoms in total.